The van der Waals surface area contributed by atoms with Gasteiger partial charge in [-0.25, -0.2) is 4.39 Å². The second-order valence-corrected chi connectivity index (χ2v) is 3.50. The molecule has 0 saturated carbocycles. The maximum absolute atomic E-state index is 13.1. The Bertz CT molecular complexity index is 485. The van der Waals surface area contributed by atoms with Crippen molar-refractivity contribution in [3.63, 3.8) is 0 Å². The number of nitrogen functional groups attached to an aromatic ring is 1. The van der Waals surface area contributed by atoms with Gasteiger partial charge in [-0.2, -0.15) is 0 Å². The van der Waals surface area contributed by atoms with Crippen LogP contribution in [-0.4, -0.2) is 4.98 Å². The van der Waals surface area contributed by atoms with Crippen molar-refractivity contribution in [3.8, 4) is 11.1 Å². The zero-order chi connectivity index (χ0) is 10.8. The Morgan fingerprint density at radius 3 is 2.80 bits per heavy atom. The van der Waals surface area contributed by atoms with Crippen molar-refractivity contribution in [3.05, 3.63) is 47.5 Å². The van der Waals surface area contributed by atoms with Crippen LogP contribution in [0.5, 0.6) is 0 Å². The molecule has 0 atom stereocenters. The first-order chi connectivity index (χ1) is 7.18. The van der Waals surface area contributed by atoms with Gasteiger partial charge in [0.1, 0.15) is 5.82 Å². The number of aromatic nitrogens is 1. The molecule has 1 aromatic carbocycles. The van der Waals surface area contributed by atoms with E-state index in [-0.39, 0.29) is 5.02 Å². The molecule has 0 spiro atoms. The van der Waals surface area contributed by atoms with Crippen molar-refractivity contribution in [1.82, 2.24) is 4.98 Å². The summed E-state index contributed by atoms with van der Waals surface area (Å²) in [6, 6.07) is 6.09. The Hall–Kier alpha value is -1.61. The van der Waals surface area contributed by atoms with Crippen molar-refractivity contribution < 1.29 is 4.39 Å². The lowest BCUT2D eigenvalue weighted by molar-refractivity contribution is 0.628. The van der Waals surface area contributed by atoms with E-state index in [9.17, 15) is 4.39 Å². The molecule has 4 heteroatoms. The fraction of sp³-hybridized carbons (Fsp3) is 0. The van der Waals surface area contributed by atoms with Crippen LogP contribution in [-0.2, 0) is 0 Å². The number of halogens is 2. The van der Waals surface area contributed by atoms with Crippen LogP contribution in [0.25, 0.3) is 11.1 Å². The average molecular weight is 223 g/mol. The highest BCUT2D eigenvalue weighted by Gasteiger charge is 2.08. The van der Waals surface area contributed by atoms with E-state index in [1.807, 2.05) is 0 Å². The average Bonchev–Trinajstić information content (AvgIpc) is 2.24. The molecule has 1 aromatic heterocycles. The fourth-order valence-corrected chi connectivity index (χ4v) is 1.55. The van der Waals surface area contributed by atoms with Gasteiger partial charge in [-0.3, -0.25) is 4.98 Å². The van der Waals surface area contributed by atoms with Crippen LogP contribution in [0.3, 0.4) is 0 Å². The predicted octanol–water partition coefficient (Wildman–Crippen LogP) is 3.12. The Balaban J connectivity index is 2.63. The Morgan fingerprint density at radius 1 is 1.33 bits per heavy atom. The zero-order valence-electron chi connectivity index (χ0n) is 7.74. The summed E-state index contributed by atoms with van der Waals surface area (Å²) in [5.74, 6) is -0.409. The van der Waals surface area contributed by atoms with Crippen LogP contribution in [0.1, 0.15) is 0 Å². The molecule has 2 nitrogen and oxygen atoms in total. The molecule has 15 heavy (non-hydrogen) atoms. The van der Waals surface area contributed by atoms with E-state index in [0.717, 1.165) is 5.56 Å². The maximum Gasteiger partial charge on any atom is 0.125 e. The van der Waals surface area contributed by atoms with E-state index in [0.29, 0.717) is 11.3 Å². The fourth-order valence-electron chi connectivity index (χ4n) is 1.35. The maximum atomic E-state index is 13.1. The van der Waals surface area contributed by atoms with Gasteiger partial charge < -0.3 is 5.73 Å². The number of hydrogen-bond acceptors (Lipinski definition) is 2. The molecule has 0 saturated heterocycles. The standard InChI is InChI=1S/C11H8ClFN2/c12-10-5-8(13)4-9(11(10)14)7-2-1-3-15-6-7/h1-6H,14H2. The topological polar surface area (TPSA) is 38.9 Å². The van der Waals surface area contributed by atoms with Crippen molar-refractivity contribution >= 4 is 17.3 Å². The molecule has 0 unspecified atom stereocenters. The summed E-state index contributed by atoms with van der Waals surface area (Å²) in [4.78, 5) is 3.94. The summed E-state index contributed by atoms with van der Waals surface area (Å²) in [5, 5.41) is 0.217. The summed E-state index contributed by atoms with van der Waals surface area (Å²) in [6.45, 7) is 0. The minimum Gasteiger partial charge on any atom is -0.397 e. The predicted molar refractivity (Wildman–Crippen MR) is 59.1 cm³/mol. The molecule has 2 N–H and O–H groups in total. The number of nitrogens with two attached hydrogens (primary N) is 1. The van der Waals surface area contributed by atoms with Crippen molar-refractivity contribution in [2.24, 2.45) is 0 Å². The number of hydrogen-bond donors (Lipinski definition) is 1. The Kier molecular flexibility index (Phi) is 2.56. The van der Waals surface area contributed by atoms with Gasteiger partial charge in [-0.05, 0) is 18.2 Å². The highest BCUT2D eigenvalue weighted by molar-refractivity contribution is 6.33. The molecule has 0 radical (unpaired) electrons. The van der Waals surface area contributed by atoms with Crippen LogP contribution in [0.15, 0.2) is 36.7 Å². The summed E-state index contributed by atoms with van der Waals surface area (Å²) in [7, 11) is 0. The van der Waals surface area contributed by atoms with E-state index in [1.54, 1.807) is 24.5 Å². The Labute approximate surface area is 91.5 Å². The highest BCUT2D eigenvalue weighted by Crippen LogP contribution is 2.31. The molecule has 0 aliphatic carbocycles. The van der Waals surface area contributed by atoms with Gasteiger partial charge in [0.25, 0.3) is 0 Å². The normalized spacial score (nSPS) is 10.3. The van der Waals surface area contributed by atoms with Crippen LogP contribution in [0.2, 0.25) is 5.02 Å². The van der Waals surface area contributed by atoms with Crippen LogP contribution in [0.4, 0.5) is 10.1 Å². The summed E-state index contributed by atoms with van der Waals surface area (Å²) < 4.78 is 13.1. The summed E-state index contributed by atoms with van der Waals surface area (Å²) in [5.41, 5.74) is 7.43. The van der Waals surface area contributed by atoms with Gasteiger partial charge in [-0.15, -0.1) is 0 Å². The molecular weight excluding hydrogens is 215 g/mol. The first-order valence-corrected chi connectivity index (χ1v) is 4.71. The van der Waals surface area contributed by atoms with Gasteiger partial charge in [-0.1, -0.05) is 17.7 Å². The van der Waals surface area contributed by atoms with E-state index < -0.39 is 5.82 Å². The molecule has 0 fully saturated rings. The monoisotopic (exact) mass is 222 g/mol. The second-order valence-electron chi connectivity index (χ2n) is 3.09. The van der Waals surface area contributed by atoms with Crippen molar-refractivity contribution in [2.75, 3.05) is 5.73 Å². The lowest BCUT2D eigenvalue weighted by Crippen LogP contribution is -1.93. The van der Waals surface area contributed by atoms with Gasteiger partial charge in [0.05, 0.1) is 10.7 Å². The third-order valence-corrected chi connectivity index (χ3v) is 2.38. The molecule has 0 amide bonds. The van der Waals surface area contributed by atoms with E-state index in [2.05, 4.69) is 4.98 Å². The van der Waals surface area contributed by atoms with E-state index in [4.69, 9.17) is 17.3 Å². The first kappa shape index (κ1) is 9.93. The number of pyridine rings is 1. The van der Waals surface area contributed by atoms with Crippen LogP contribution < -0.4 is 5.73 Å². The highest BCUT2D eigenvalue weighted by atomic mass is 35.5. The molecule has 0 aliphatic heterocycles. The Morgan fingerprint density at radius 2 is 2.13 bits per heavy atom. The molecular formula is C11H8ClFN2. The number of benzene rings is 1. The lowest BCUT2D eigenvalue weighted by atomic mass is 10.1. The first-order valence-electron chi connectivity index (χ1n) is 4.33. The number of anilines is 1. The molecule has 76 valence electrons. The molecule has 2 aromatic rings. The summed E-state index contributed by atoms with van der Waals surface area (Å²) >= 11 is 5.78. The third-order valence-electron chi connectivity index (χ3n) is 2.07. The van der Waals surface area contributed by atoms with Crippen LogP contribution in [0, 0.1) is 5.82 Å². The molecule has 2 rings (SSSR count). The van der Waals surface area contributed by atoms with Gasteiger partial charge >= 0.3 is 0 Å². The van der Waals surface area contributed by atoms with Gasteiger partial charge in [0.2, 0.25) is 0 Å². The number of nitrogens with zero attached hydrogens (tertiary/aromatic N) is 1. The van der Waals surface area contributed by atoms with Gasteiger partial charge in [0, 0.05) is 23.5 Å². The van der Waals surface area contributed by atoms with Crippen molar-refractivity contribution in [1.29, 1.82) is 0 Å². The summed E-state index contributed by atoms with van der Waals surface area (Å²) in [6.07, 6.45) is 3.25. The van der Waals surface area contributed by atoms with E-state index >= 15 is 0 Å². The lowest BCUT2D eigenvalue weighted by Gasteiger charge is -2.07. The minimum atomic E-state index is -0.409. The van der Waals surface area contributed by atoms with Crippen molar-refractivity contribution in [2.45, 2.75) is 0 Å². The number of rotatable bonds is 1. The SMILES string of the molecule is Nc1c(Cl)cc(F)cc1-c1cccnc1. The third kappa shape index (κ3) is 1.92. The van der Waals surface area contributed by atoms with Crippen LogP contribution >= 0.6 is 11.6 Å². The molecule has 0 bridgehead atoms. The van der Waals surface area contributed by atoms with E-state index in [1.165, 1.54) is 12.1 Å². The van der Waals surface area contributed by atoms with Gasteiger partial charge in [0.15, 0.2) is 0 Å². The minimum absolute atomic E-state index is 0.217. The molecule has 1 heterocycles. The quantitative estimate of drug-likeness (QED) is 0.753. The zero-order valence-corrected chi connectivity index (χ0v) is 8.50. The second kappa shape index (κ2) is 3.87. The molecule has 0 aliphatic rings. The largest absolute Gasteiger partial charge is 0.397 e. The smallest absolute Gasteiger partial charge is 0.125 e.